The minimum Gasteiger partial charge on any atom is -0.444 e. The van der Waals surface area contributed by atoms with Gasteiger partial charge in [-0.3, -0.25) is 0 Å². The quantitative estimate of drug-likeness (QED) is 0.457. The van der Waals surface area contributed by atoms with E-state index in [1.165, 1.54) is 10.9 Å². The molecule has 4 aromatic rings. The standard InChI is InChI=1S/C25H27N3O2/c1-16-8-9-20-21(14-16)28-23-22(20)19(11-13-26-23)18-7-5-6-17(15-18)10-12-27-24(29)30-25(2,3)4/h5-9,11,13-15H,10,12H2,1-4H3,(H,26,28)(H,27,29). The highest BCUT2D eigenvalue weighted by Crippen LogP contribution is 2.34. The van der Waals surface area contributed by atoms with E-state index in [4.69, 9.17) is 4.74 Å². The van der Waals surface area contributed by atoms with E-state index in [0.717, 1.165) is 39.7 Å². The average Bonchev–Trinajstić information content (AvgIpc) is 3.04. The third-order valence-electron chi connectivity index (χ3n) is 4.97. The maximum absolute atomic E-state index is 11.9. The summed E-state index contributed by atoms with van der Waals surface area (Å²) in [6.07, 6.45) is 2.19. The molecule has 0 aliphatic carbocycles. The summed E-state index contributed by atoms with van der Waals surface area (Å²) >= 11 is 0. The molecule has 2 aromatic heterocycles. The number of aromatic nitrogens is 2. The Kier molecular flexibility index (Phi) is 5.20. The maximum Gasteiger partial charge on any atom is 0.407 e. The molecule has 0 saturated heterocycles. The zero-order valence-corrected chi connectivity index (χ0v) is 17.9. The Labute approximate surface area is 176 Å². The number of amides is 1. The molecule has 0 bridgehead atoms. The molecule has 1 amide bonds. The smallest absolute Gasteiger partial charge is 0.407 e. The molecule has 154 valence electrons. The predicted molar refractivity (Wildman–Crippen MR) is 122 cm³/mol. The van der Waals surface area contributed by atoms with Crippen LogP contribution < -0.4 is 5.32 Å². The number of H-pyrrole nitrogens is 1. The molecule has 2 aromatic carbocycles. The number of fused-ring (bicyclic) bond motifs is 3. The van der Waals surface area contributed by atoms with Gasteiger partial charge in [0.1, 0.15) is 11.2 Å². The number of benzene rings is 2. The number of hydrogen-bond donors (Lipinski definition) is 2. The largest absolute Gasteiger partial charge is 0.444 e. The average molecular weight is 402 g/mol. The van der Waals surface area contributed by atoms with Crippen LogP contribution in [-0.4, -0.2) is 28.2 Å². The van der Waals surface area contributed by atoms with Crippen molar-refractivity contribution in [2.45, 2.75) is 39.7 Å². The number of carbonyl (C=O) groups excluding carboxylic acids is 1. The van der Waals surface area contributed by atoms with E-state index in [1.807, 2.05) is 27.0 Å². The number of rotatable bonds is 4. The van der Waals surface area contributed by atoms with Crippen molar-refractivity contribution < 1.29 is 9.53 Å². The van der Waals surface area contributed by atoms with Crippen LogP contribution in [0, 0.1) is 6.92 Å². The zero-order chi connectivity index (χ0) is 21.3. The third kappa shape index (κ3) is 4.30. The summed E-state index contributed by atoms with van der Waals surface area (Å²) in [7, 11) is 0. The van der Waals surface area contributed by atoms with Gasteiger partial charge in [0.25, 0.3) is 0 Å². The fraction of sp³-hybridized carbons (Fsp3) is 0.280. The zero-order valence-electron chi connectivity index (χ0n) is 17.9. The Morgan fingerprint density at radius 1 is 1.13 bits per heavy atom. The molecule has 0 unspecified atom stereocenters. The summed E-state index contributed by atoms with van der Waals surface area (Å²) in [6.45, 7) is 8.19. The summed E-state index contributed by atoms with van der Waals surface area (Å²) in [5, 5.41) is 5.14. The molecule has 0 aliphatic heterocycles. The molecular formula is C25H27N3O2. The topological polar surface area (TPSA) is 67.0 Å². The molecule has 5 heteroatoms. The van der Waals surface area contributed by atoms with E-state index in [-0.39, 0.29) is 6.09 Å². The number of alkyl carbamates (subject to hydrolysis) is 1. The molecule has 0 aliphatic rings. The highest BCUT2D eigenvalue weighted by Gasteiger charge is 2.16. The number of hydrogen-bond acceptors (Lipinski definition) is 3. The van der Waals surface area contributed by atoms with Gasteiger partial charge in [-0.15, -0.1) is 0 Å². The summed E-state index contributed by atoms with van der Waals surface area (Å²) in [5.41, 5.74) is 6.16. The number of nitrogens with one attached hydrogen (secondary N) is 2. The minimum absolute atomic E-state index is 0.386. The van der Waals surface area contributed by atoms with Gasteiger partial charge in [0.15, 0.2) is 0 Å². The fourth-order valence-electron chi connectivity index (χ4n) is 3.69. The lowest BCUT2D eigenvalue weighted by molar-refractivity contribution is 0.0528. The number of aromatic amines is 1. The van der Waals surface area contributed by atoms with Crippen LogP contribution in [-0.2, 0) is 11.2 Å². The van der Waals surface area contributed by atoms with E-state index in [2.05, 4.69) is 70.7 Å². The Hall–Kier alpha value is -3.34. The van der Waals surface area contributed by atoms with Crippen LogP contribution in [0.2, 0.25) is 0 Å². The fourth-order valence-corrected chi connectivity index (χ4v) is 3.69. The summed E-state index contributed by atoms with van der Waals surface area (Å²) < 4.78 is 5.30. The molecule has 30 heavy (non-hydrogen) atoms. The first-order valence-corrected chi connectivity index (χ1v) is 10.2. The summed E-state index contributed by atoms with van der Waals surface area (Å²) in [4.78, 5) is 19.8. The van der Waals surface area contributed by atoms with Gasteiger partial charge in [-0.1, -0.05) is 36.4 Å². The molecular weight excluding hydrogens is 374 g/mol. The monoisotopic (exact) mass is 401 g/mol. The van der Waals surface area contributed by atoms with Crippen LogP contribution in [0.1, 0.15) is 31.9 Å². The van der Waals surface area contributed by atoms with Gasteiger partial charge in [-0.2, -0.15) is 0 Å². The van der Waals surface area contributed by atoms with Gasteiger partial charge in [-0.05, 0) is 68.5 Å². The Bertz CT molecular complexity index is 1220. The Morgan fingerprint density at radius 2 is 1.97 bits per heavy atom. The van der Waals surface area contributed by atoms with Gasteiger partial charge in [0.05, 0.1) is 0 Å². The van der Waals surface area contributed by atoms with E-state index >= 15 is 0 Å². The maximum atomic E-state index is 11.9. The lowest BCUT2D eigenvalue weighted by atomic mass is 9.98. The van der Waals surface area contributed by atoms with Gasteiger partial charge in [-0.25, -0.2) is 9.78 Å². The van der Waals surface area contributed by atoms with E-state index < -0.39 is 5.60 Å². The molecule has 2 N–H and O–H groups in total. The SMILES string of the molecule is Cc1ccc2c(c1)[nH]c1nccc(-c3cccc(CCNC(=O)OC(C)(C)C)c3)c12. The molecule has 0 spiro atoms. The first kappa shape index (κ1) is 20.0. The number of carbonyl (C=O) groups is 1. The molecule has 5 nitrogen and oxygen atoms in total. The van der Waals surface area contributed by atoms with Crippen LogP contribution in [0.4, 0.5) is 4.79 Å². The van der Waals surface area contributed by atoms with Crippen LogP contribution in [0.3, 0.4) is 0 Å². The number of pyridine rings is 1. The van der Waals surface area contributed by atoms with Crippen molar-refractivity contribution in [2.24, 2.45) is 0 Å². The van der Waals surface area contributed by atoms with Gasteiger partial charge < -0.3 is 15.0 Å². The van der Waals surface area contributed by atoms with E-state index in [0.29, 0.717) is 6.54 Å². The summed E-state index contributed by atoms with van der Waals surface area (Å²) in [6, 6.07) is 16.9. The third-order valence-corrected chi connectivity index (χ3v) is 4.97. The van der Waals surface area contributed by atoms with E-state index in [9.17, 15) is 4.79 Å². The molecule has 2 heterocycles. The number of aryl methyl sites for hydroxylation is 1. The van der Waals surface area contributed by atoms with Gasteiger partial charge in [0.2, 0.25) is 0 Å². The Balaban J connectivity index is 1.59. The second kappa shape index (κ2) is 7.82. The second-order valence-electron chi connectivity index (χ2n) is 8.64. The van der Waals surface area contributed by atoms with Crippen LogP contribution >= 0.6 is 0 Å². The van der Waals surface area contributed by atoms with Crippen molar-refractivity contribution in [3.05, 3.63) is 65.9 Å². The molecule has 0 radical (unpaired) electrons. The van der Waals surface area contributed by atoms with Gasteiger partial charge >= 0.3 is 6.09 Å². The highest BCUT2D eigenvalue weighted by atomic mass is 16.6. The second-order valence-corrected chi connectivity index (χ2v) is 8.64. The van der Waals surface area contributed by atoms with Crippen LogP contribution in [0.5, 0.6) is 0 Å². The van der Waals surface area contributed by atoms with Gasteiger partial charge in [0, 0.05) is 29.0 Å². The normalized spacial score (nSPS) is 11.7. The van der Waals surface area contributed by atoms with Crippen molar-refractivity contribution in [1.82, 2.24) is 15.3 Å². The minimum atomic E-state index is -0.491. The van der Waals surface area contributed by atoms with Crippen molar-refractivity contribution in [3.8, 4) is 11.1 Å². The molecule has 0 saturated carbocycles. The van der Waals surface area contributed by atoms with Crippen molar-refractivity contribution >= 4 is 28.0 Å². The number of nitrogens with zero attached hydrogens (tertiary/aromatic N) is 1. The molecule has 0 atom stereocenters. The van der Waals surface area contributed by atoms with Crippen molar-refractivity contribution in [2.75, 3.05) is 6.54 Å². The molecule has 0 fully saturated rings. The van der Waals surface area contributed by atoms with Crippen molar-refractivity contribution in [1.29, 1.82) is 0 Å². The lowest BCUT2D eigenvalue weighted by Crippen LogP contribution is -2.33. The highest BCUT2D eigenvalue weighted by molar-refractivity contribution is 6.13. The Morgan fingerprint density at radius 3 is 2.77 bits per heavy atom. The lowest BCUT2D eigenvalue weighted by Gasteiger charge is -2.19. The summed E-state index contributed by atoms with van der Waals surface area (Å²) in [5.74, 6) is 0. The van der Waals surface area contributed by atoms with Crippen LogP contribution in [0.15, 0.2) is 54.7 Å². The van der Waals surface area contributed by atoms with Crippen molar-refractivity contribution in [3.63, 3.8) is 0 Å². The number of ether oxygens (including phenoxy) is 1. The molecule has 4 rings (SSSR count). The van der Waals surface area contributed by atoms with Crippen LogP contribution in [0.25, 0.3) is 33.1 Å². The predicted octanol–water partition coefficient (Wildman–Crippen LogP) is 5.76. The first-order chi connectivity index (χ1) is 14.3. The first-order valence-electron chi connectivity index (χ1n) is 10.2. The van der Waals surface area contributed by atoms with E-state index in [1.54, 1.807) is 0 Å².